The van der Waals surface area contributed by atoms with Crippen molar-refractivity contribution in [2.45, 2.75) is 26.9 Å². The third kappa shape index (κ3) is 4.32. The minimum Gasteiger partial charge on any atom is -0.495 e. The second-order valence-electron chi connectivity index (χ2n) is 5.38. The number of hydrogen-bond acceptors (Lipinski definition) is 5. The number of benzene rings is 1. The molecule has 0 amide bonds. The molecule has 0 radical (unpaired) electrons. The summed E-state index contributed by atoms with van der Waals surface area (Å²) in [4.78, 5) is 27.0. The average molecular weight is 328 g/mol. The molecule has 126 valence electrons. The molecule has 0 fully saturated rings. The lowest BCUT2D eigenvalue weighted by Crippen LogP contribution is -2.20. The summed E-state index contributed by atoms with van der Waals surface area (Å²) in [7, 11) is 1.58. The van der Waals surface area contributed by atoms with Crippen molar-refractivity contribution in [2.75, 3.05) is 7.11 Å². The van der Waals surface area contributed by atoms with Crippen molar-refractivity contribution in [3.8, 4) is 11.4 Å². The number of aromatic nitrogens is 2. The number of carbonyl (C=O) groups is 2. The lowest BCUT2D eigenvalue weighted by molar-refractivity contribution is -0.148. The summed E-state index contributed by atoms with van der Waals surface area (Å²) >= 11 is 0. The Kier molecular flexibility index (Phi) is 5.52. The minimum atomic E-state index is -0.747. The van der Waals surface area contributed by atoms with Crippen LogP contribution in [0, 0.1) is 6.92 Å². The van der Waals surface area contributed by atoms with E-state index in [0.717, 1.165) is 16.9 Å². The highest BCUT2D eigenvalue weighted by Crippen LogP contribution is 2.25. The van der Waals surface area contributed by atoms with E-state index in [1.165, 1.54) is 13.0 Å². The molecular weight excluding hydrogens is 308 g/mol. The van der Waals surface area contributed by atoms with E-state index in [4.69, 9.17) is 9.47 Å². The van der Waals surface area contributed by atoms with Crippen LogP contribution in [-0.4, -0.2) is 34.5 Å². The summed E-state index contributed by atoms with van der Waals surface area (Å²) in [5, 5.41) is 0. The van der Waals surface area contributed by atoms with Crippen LogP contribution in [0.25, 0.3) is 11.8 Å². The van der Waals surface area contributed by atoms with Gasteiger partial charge in [0.2, 0.25) is 0 Å². The highest BCUT2D eigenvalue weighted by molar-refractivity contribution is 5.90. The van der Waals surface area contributed by atoms with Crippen LogP contribution < -0.4 is 4.74 Å². The SMILES string of the molecule is COc1cc(/C=C/C(=O)OC(C)C(C)=O)ccc1-n1cnc(C)c1. The van der Waals surface area contributed by atoms with E-state index < -0.39 is 12.1 Å². The summed E-state index contributed by atoms with van der Waals surface area (Å²) in [6.07, 6.45) is 5.76. The highest BCUT2D eigenvalue weighted by atomic mass is 16.5. The van der Waals surface area contributed by atoms with Gasteiger partial charge in [-0.2, -0.15) is 0 Å². The van der Waals surface area contributed by atoms with Gasteiger partial charge in [-0.05, 0) is 44.5 Å². The Balaban J connectivity index is 2.16. The molecule has 0 aliphatic rings. The Morgan fingerprint density at radius 2 is 2.08 bits per heavy atom. The Morgan fingerprint density at radius 3 is 2.67 bits per heavy atom. The Bertz CT molecular complexity index is 777. The van der Waals surface area contributed by atoms with Crippen molar-refractivity contribution in [3.63, 3.8) is 0 Å². The molecule has 1 aromatic heterocycles. The maximum atomic E-state index is 11.7. The van der Waals surface area contributed by atoms with Gasteiger partial charge in [0.15, 0.2) is 11.9 Å². The first-order valence-corrected chi connectivity index (χ1v) is 7.49. The van der Waals surface area contributed by atoms with Crippen LogP contribution in [0.4, 0.5) is 0 Å². The number of hydrogen-bond donors (Lipinski definition) is 0. The van der Waals surface area contributed by atoms with Gasteiger partial charge in [0, 0.05) is 12.3 Å². The van der Waals surface area contributed by atoms with E-state index in [2.05, 4.69) is 4.98 Å². The molecule has 1 atom stereocenters. The molecule has 1 heterocycles. The van der Waals surface area contributed by atoms with Gasteiger partial charge in [-0.1, -0.05) is 6.07 Å². The third-order valence-electron chi connectivity index (χ3n) is 3.47. The Hall–Kier alpha value is -2.89. The van der Waals surface area contributed by atoms with Crippen LogP contribution in [0.2, 0.25) is 0 Å². The second-order valence-corrected chi connectivity index (χ2v) is 5.38. The lowest BCUT2D eigenvalue weighted by Gasteiger charge is -2.10. The number of ether oxygens (including phenoxy) is 2. The molecule has 0 aliphatic carbocycles. The number of methoxy groups -OCH3 is 1. The van der Waals surface area contributed by atoms with Crippen LogP contribution in [0.1, 0.15) is 25.1 Å². The van der Waals surface area contributed by atoms with Gasteiger partial charge in [0.05, 0.1) is 24.8 Å². The molecule has 0 bridgehead atoms. The number of nitrogens with zero attached hydrogens (tertiary/aromatic N) is 2. The first-order chi connectivity index (χ1) is 11.4. The molecule has 6 heteroatoms. The van der Waals surface area contributed by atoms with Crippen LogP contribution in [0.3, 0.4) is 0 Å². The topological polar surface area (TPSA) is 70.4 Å². The number of carbonyl (C=O) groups excluding carboxylic acids is 2. The van der Waals surface area contributed by atoms with Crippen molar-refractivity contribution >= 4 is 17.8 Å². The molecule has 0 spiro atoms. The maximum absolute atomic E-state index is 11.7. The van der Waals surface area contributed by atoms with E-state index in [-0.39, 0.29) is 5.78 Å². The van der Waals surface area contributed by atoms with Crippen molar-refractivity contribution in [1.82, 2.24) is 9.55 Å². The molecule has 6 nitrogen and oxygen atoms in total. The maximum Gasteiger partial charge on any atom is 0.331 e. The van der Waals surface area contributed by atoms with Crippen LogP contribution in [0.5, 0.6) is 5.75 Å². The predicted molar refractivity (Wildman–Crippen MR) is 90.1 cm³/mol. The Labute approximate surface area is 140 Å². The minimum absolute atomic E-state index is 0.196. The van der Waals surface area contributed by atoms with Crippen molar-refractivity contribution in [3.05, 3.63) is 48.1 Å². The normalized spacial score (nSPS) is 12.2. The smallest absolute Gasteiger partial charge is 0.331 e. The lowest BCUT2D eigenvalue weighted by atomic mass is 10.1. The largest absolute Gasteiger partial charge is 0.495 e. The number of imidazole rings is 1. The molecule has 0 N–H and O–H groups in total. The fourth-order valence-electron chi connectivity index (χ4n) is 2.02. The van der Waals surface area contributed by atoms with E-state index in [1.807, 2.05) is 35.9 Å². The van der Waals surface area contributed by atoms with Crippen LogP contribution >= 0.6 is 0 Å². The van der Waals surface area contributed by atoms with Crippen molar-refractivity contribution < 1.29 is 19.1 Å². The van der Waals surface area contributed by atoms with Gasteiger partial charge in [0.1, 0.15) is 5.75 Å². The van der Waals surface area contributed by atoms with Crippen molar-refractivity contribution in [1.29, 1.82) is 0 Å². The molecule has 0 saturated heterocycles. The fraction of sp³-hybridized carbons (Fsp3) is 0.278. The number of ketones is 1. The van der Waals surface area contributed by atoms with E-state index in [1.54, 1.807) is 26.4 Å². The summed E-state index contributed by atoms with van der Waals surface area (Å²) < 4.78 is 12.2. The summed E-state index contributed by atoms with van der Waals surface area (Å²) in [5.41, 5.74) is 2.53. The monoisotopic (exact) mass is 328 g/mol. The summed E-state index contributed by atoms with van der Waals surface area (Å²) in [6, 6.07) is 5.54. The molecule has 0 saturated carbocycles. The van der Waals surface area contributed by atoms with Gasteiger partial charge in [0.25, 0.3) is 0 Å². The van der Waals surface area contributed by atoms with E-state index in [9.17, 15) is 9.59 Å². The molecule has 2 rings (SSSR count). The van der Waals surface area contributed by atoms with Gasteiger partial charge >= 0.3 is 5.97 Å². The summed E-state index contributed by atoms with van der Waals surface area (Å²) in [6.45, 7) is 4.83. The van der Waals surface area contributed by atoms with E-state index >= 15 is 0 Å². The number of rotatable bonds is 6. The summed E-state index contributed by atoms with van der Waals surface area (Å²) in [5.74, 6) is -0.107. The number of Topliss-reactive ketones (excluding diaryl/α,β-unsaturated/α-hetero) is 1. The molecular formula is C18H20N2O4. The van der Waals surface area contributed by atoms with Gasteiger partial charge in [-0.25, -0.2) is 9.78 Å². The second kappa shape index (κ2) is 7.59. The molecule has 1 unspecified atom stereocenters. The Morgan fingerprint density at radius 1 is 1.33 bits per heavy atom. The molecule has 1 aromatic carbocycles. The number of aryl methyl sites for hydroxylation is 1. The zero-order chi connectivity index (χ0) is 17.7. The third-order valence-corrected chi connectivity index (χ3v) is 3.47. The molecule has 2 aromatic rings. The average Bonchev–Trinajstić information content (AvgIpc) is 2.98. The molecule has 0 aliphatic heterocycles. The van der Waals surface area contributed by atoms with Gasteiger partial charge in [-0.15, -0.1) is 0 Å². The zero-order valence-corrected chi connectivity index (χ0v) is 14.1. The standard InChI is InChI=1S/C18H20N2O4/c1-12-10-20(11-19-12)16-7-5-15(9-17(16)23-4)6-8-18(22)24-14(3)13(2)21/h5-11,14H,1-4H3/b8-6+. The molecule has 24 heavy (non-hydrogen) atoms. The highest BCUT2D eigenvalue weighted by Gasteiger charge is 2.11. The first-order valence-electron chi connectivity index (χ1n) is 7.49. The predicted octanol–water partition coefficient (Wildman–Crippen LogP) is 2.72. The quantitative estimate of drug-likeness (QED) is 0.602. The van der Waals surface area contributed by atoms with Gasteiger partial charge in [-0.3, -0.25) is 4.79 Å². The number of esters is 1. The zero-order valence-electron chi connectivity index (χ0n) is 14.1. The van der Waals surface area contributed by atoms with E-state index in [0.29, 0.717) is 5.75 Å². The fourth-order valence-corrected chi connectivity index (χ4v) is 2.02. The first kappa shape index (κ1) is 17.5. The van der Waals surface area contributed by atoms with Crippen LogP contribution in [0.15, 0.2) is 36.8 Å². The van der Waals surface area contributed by atoms with Crippen molar-refractivity contribution in [2.24, 2.45) is 0 Å². The van der Waals surface area contributed by atoms with Gasteiger partial charge < -0.3 is 14.0 Å². The van der Waals surface area contributed by atoms with Crippen LogP contribution in [-0.2, 0) is 14.3 Å².